The minimum atomic E-state index is -3.95. The second-order valence-electron chi connectivity index (χ2n) is 10.0. The van der Waals surface area contributed by atoms with Crippen molar-refractivity contribution in [1.82, 2.24) is 5.32 Å². The smallest absolute Gasteiger partial charge is 0.264 e. The Labute approximate surface area is 210 Å². The highest BCUT2D eigenvalue weighted by atomic mass is 32.2. The number of carbonyl (C=O) groups excluding carboxylic acids is 1. The van der Waals surface area contributed by atoms with Gasteiger partial charge in [0.1, 0.15) is 6.54 Å². The van der Waals surface area contributed by atoms with Crippen molar-refractivity contribution in [3.8, 4) is 0 Å². The number of carbonyl (C=O) groups is 1. The maximum Gasteiger partial charge on any atom is 0.264 e. The van der Waals surface area contributed by atoms with Gasteiger partial charge in [-0.2, -0.15) is 0 Å². The molecule has 0 radical (unpaired) electrons. The van der Waals surface area contributed by atoms with Crippen LogP contribution in [-0.4, -0.2) is 26.9 Å². The molecule has 0 aliphatic carbocycles. The number of nitrogens with zero attached hydrogens (tertiary/aromatic N) is 1. The molecule has 0 saturated carbocycles. The Morgan fingerprint density at radius 3 is 2.14 bits per heavy atom. The molecule has 3 aromatic carbocycles. The Morgan fingerprint density at radius 2 is 1.51 bits per heavy atom. The third-order valence-electron chi connectivity index (χ3n) is 6.31. The van der Waals surface area contributed by atoms with Gasteiger partial charge >= 0.3 is 0 Å². The molecular formula is C29H36N2O3S. The van der Waals surface area contributed by atoms with E-state index in [1.165, 1.54) is 9.87 Å². The Bertz CT molecular complexity index is 1270. The van der Waals surface area contributed by atoms with E-state index in [1.807, 2.05) is 64.1 Å². The van der Waals surface area contributed by atoms with Gasteiger partial charge in [0.05, 0.1) is 10.6 Å². The fourth-order valence-electron chi connectivity index (χ4n) is 4.40. The second-order valence-corrected chi connectivity index (χ2v) is 11.9. The molecule has 1 N–H and O–H groups in total. The number of nitrogens with one attached hydrogen (secondary N) is 1. The maximum absolute atomic E-state index is 13.7. The van der Waals surface area contributed by atoms with E-state index in [4.69, 9.17) is 0 Å². The fourth-order valence-corrected chi connectivity index (χ4v) is 5.88. The summed E-state index contributed by atoms with van der Waals surface area (Å²) in [6.45, 7) is 11.6. The zero-order valence-electron chi connectivity index (χ0n) is 21.5. The van der Waals surface area contributed by atoms with Crippen LogP contribution in [0.1, 0.15) is 49.4 Å². The number of anilines is 1. The summed E-state index contributed by atoms with van der Waals surface area (Å²) in [5, 5.41) is 3.03. The lowest BCUT2D eigenvalue weighted by Crippen LogP contribution is -2.45. The predicted molar refractivity (Wildman–Crippen MR) is 143 cm³/mol. The van der Waals surface area contributed by atoms with Gasteiger partial charge in [0.25, 0.3) is 10.0 Å². The van der Waals surface area contributed by atoms with Crippen molar-refractivity contribution < 1.29 is 13.2 Å². The summed E-state index contributed by atoms with van der Waals surface area (Å²) in [4.78, 5) is 13.3. The summed E-state index contributed by atoms with van der Waals surface area (Å²) in [5.74, 6) is -0.335. The number of sulfonamides is 1. The van der Waals surface area contributed by atoms with Gasteiger partial charge in [0, 0.05) is 6.04 Å². The first-order valence-corrected chi connectivity index (χ1v) is 13.4. The summed E-state index contributed by atoms with van der Waals surface area (Å²) in [5.41, 5.74) is 4.24. The van der Waals surface area contributed by atoms with Crippen molar-refractivity contribution in [1.29, 1.82) is 0 Å². The number of rotatable bonds is 9. The SMILES string of the molecule is Cc1ccc(S(=O)(=O)N(CC(=O)NC(C)CC(C)(C)c2ccccc2)c2cc(C)ccc2C)cc1. The number of hydrogen-bond acceptors (Lipinski definition) is 3. The van der Waals surface area contributed by atoms with Crippen molar-refractivity contribution in [2.24, 2.45) is 0 Å². The summed E-state index contributed by atoms with van der Waals surface area (Å²) in [6.07, 6.45) is 0.719. The average Bonchev–Trinajstić information content (AvgIpc) is 2.79. The summed E-state index contributed by atoms with van der Waals surface area (Å²) < 4.78 is 28.6. The maximum atomic E-state index is 13.7. The first kappa shape index (κ1) is 26.5. The van der Waals surface area contributed by atoms with E-state index in [0.717, 1.165) is 23.1 Å². The monoisotopic (exact) mass is 492 g/mol. The van der Waals surface area contributed by atoms with Crippen LogP contribution in [-0.2, 0) is 20.2 Å². The topological polar surface area (TPSA) is 66.5 Å². The highest BCUT2D eigenvalue weighted by molar-refractivity contribution is 7.92. The van der Waals surface area contributed by atoms with Crippen LogP contribution in [0.2, 0.25) is 0 Å². The molecule has 0 aliphatic rings. The molecule has 0 spiro atoms. The highest BCUT2D eigenvalue weighted by Gasteiger charge is 2.30. The van der Waals surface area contributed by atoms with Gasteiger partial charge in [-0.3, -0.25) is 9.10 Å². The predicted octanol–water partition coefficient (Wildman–Crippen LogP) is 5.68. The standard InChI is InChI=1S/C29H36N2O3S/c1-21-13-16-26(17-14-21)35(33,34)31(27-18-22(2)12-15-23(27)3)20-28(32)30-24(4)19-29(5,6)25-10-8-7-9-11-25/h7-18,24H,19-20H2,1-6H3,(H,30,32). The molecular weight excluding hydrogens is 456 g/mol. The van der Waals surface area contributed by atoms with Gasteiger partial charge in [-0.05, 0) is 74.4 Å². The lowest BCUT2D eigenvalue weighted by Gasteiger charge is -2.30. The van der Waals surface area contributed by atoms with Crippen molar-refractivity contribution in [2.75, 3.05) is 10.8 Å². The Hall–Kier alpha value is -3.12. The lowest BCUT2D eigenvalue weighted by molar-refractivity contribution is -0.120. The molecule has 5 nitrogen and oxygen atoms in total. The molecule has 6 heteroatoms. The second kappa shape index (κ2) is 10.6. The lowest BCUT2D eigenvalue weighted by atomic mass is 9.79. The van der Waals surface area contributed by atoms with Crippen LogP contribution in [0.5, 0.6) is 0 Å². The largest absolute Gasteiger partial charge is 0.352 e. The van der Waals surface area contributed by atoms with E-state index in [1.54, 1.807) is 24.3 Å². The molecule has 3 rings (SSSR count). The number of hydrogen-bond donors (Lipinski definition) is 1. The van der Waals surface area contributed by atoms with Gasteiger partial charge in [-0.25, -0.2) is 8.42 Å². The molecule has 0 aromatic heterocycles. The van der Waals surface area contributed by atoms with Crippen LogP contribution < -0.4 is 9.62 Å². The Balaban J connectivity index is 1.85. The van der Waals surface area contributed by atoms with Crippen molar-refractivity contribution in [2.45, 2.75) is 64.3 Å². The van der Waals surface area contributed by atoms with Crippen molar-refractivity contribution in [3.05, 3.63) is 95.1 Å². The van der Waals surface area contributed by atoms with Gasteiger partial charge in [0.15, 0.2) is 0 Å². The van der Waals surface area contributed by atoms with Gasteiger partial charge in [-0.1, -0.05) is 74.0 Å². The van der Waals surface area contributed by atoms with Gasteiger partial charge in [-0.15, -0.1) is 0 Å². The summed E-state index contributed by atoms with van der Waals surface area (Å²) >= 11 is 0. The van der Waals surface area contributed by atoms with Crippen molar-refractivity contribution >= 4 is 21.6 Å². The normalized spacial score (nSPS) is 12.7. The van der Waals surface area contributed by atoms with Gasteiger partial charge in [0.2, 0.25) is 5.91 Å². The molecule has 186 valence electrons. The zero-order valence-corrected chi connectivity index (χ0v) is 22.3. The molecule has 0 heterocycles. The van der Waals surface area contributed by atoms with Crippen LogP contribution in [0.4, 0.5) is 5.69 Å². The molecule has 1 unspecified atom stereocenters. The fraction of sp³-hybridized carbons (Fsp3) is 0.345. The third-order valence-corrected chi connectivity index (χ3v) is 8.08. The number of benzene rings is 3. The minimum Gasteiger partial charge on any atom is -0.352 e. The van der Waals surface area contributed by atoms with Crippen LogP contribution in [0, 0.1) is 20.8 Å². The van der Waals surface area contributed by atoms with E-state index in [9.17, 15) is 13.2 Å². The van der Waals surface area contributed by atoms with E-state index in [0.29, 0.717) is 5.69 Å². The van der Waals surface area contributed by atoms with Crippen LogP contribution in [0.15, 0.2) is 77.7 Å². The molecule has 3 aromatic rings. The van der Waals surface area contributed by atoms with Crippen molar-refractivity contribution in [3.63, 3.8) is 0 Å². The third kappa shape index (κ3) is 6.51. The molecule has 1 amide bonds. The van der Waals surface area contributed by atoms with Crippen LogP contribution >= 0.6 is 0 Å². The van der Waals surface area contributed by atoms with Crippen LogP contribution in [0.3, 0.4) is 0 Å². The highest BCUT2D eigenvalue weighted by Crippen LogP contribution is 2.29. The molecule has 0 fully saturated rings. The molecule has 0 saturated heterocycles. The van der Waals surface area contributed by atoms with E-state index < -0.39 is 10.0 Å². The molecule has 35 heavy (non-hydrogen) atoms. The molecule has 0 bridgehead atoms. The summed E-state index contributed by atoms with van der Waals surface area (Å²) in [6, 6.07) is 22.4. The number of amides is 1. The van der Waals surface area contributed by atoms with E-state index in [2.05, 4.69) is 31.3 Å². The first-order valence-electron chi connectivity index (χ1n) is 11.9. The Morgan fingerprint density at radius 1 is 0.914 bits per heavy atom. The molecule has 0 aliphatic heterocycles. The molecule has 1 atom stereocenters. The summed E-state index contributed by atoms with van der Waals surface area (Å²) in [7, 11) is -3.95. The zero-order chi connectivity index (χ0) is 25.8. The Kier molecular flexibility index (Phi) is 8.06. The van der Waals surface area contributed by atoms with Crippen LogP contribution in [0.25, 0.3) is 0 Å². The quantitative estimate of drug-likeness (QED) is 0.418. The van der Waals surface area contributed by atoms with Gasteiger partial charge < -0.3 is 5.32 Å². The van der Waals surface area contributed by atoms with E-state index >= 15 is 0 Å². The first-order chi connectivity index (χ1) is 16.4. The van der Waals surface area contributed by atoms with E-state index in [-0.39, 0.29) is 28.8 Å². The minimum absolute atomic E-state index is 0.139. The number of aryl methyl sites for hydroxylation is 3. The average molecular weight is 493 g/mol.